The van der Waals surface area contributed by atoms with E-state index in [2.05, 4.69) is 21.2 Å². The van der Waals surface area contributed by atoms with Gasteiger partial charge in [-0.25, -0.2) is 8.42 Å². The van der Waals surface area contributed by atoms with Crippen molar-refractivity contribution in [3.05, 3.63) is 64.6 Å². The van der Waals surface area contributed by atoms with Crippen molar-refractivity contribution in [1.29, 1.82) is 0 Å². The van der Waals surface area contributed by atoms with Crippen molar-refractivity contribution in [3.8, 4) is 0 Å². The third-order valence-electron chi connectivity index (χ3n) is 5.16. The number of nitrogens with zero attached hydrogens (tertiary/aromatic N) is 2. The summed E-state index contributed by atoms with van der Waals surface area (Å²) < 4.78 is 26.7. The van der Waals surface area contributed by atoms with Crippen LogP contribution in [0.5, 0.6) is 0 Å². The van der Waals surface area contributed by atoms with Crippen LogP contribution in [0.2, 0.25) is 0 Å². The minimum absolute atomic E-state index is 0.0357. The highest BCUT2D eigenvalue weighted by atomic mass is 79.9. The Bertz CT molecular complexity index is 1030. The summed E-state index contributed by atoms with van der Waals surface area (Å²) in [4.78, 5) is 27.6. The van der Waals surface area contributed by atoms with Gasteiger partial charge in [-0.05, 0) is 53.9 Å². The van der Waals surface area contributed by atoms with E-state index in [1.807, 2.05) is 44.2 Å². The molecule has 2 aromatic rings. The van der Waals surface area contributed by atoms with Crippen molar-refractivity contribution in [1.82, 2.24) is 10.2 Å². The molecule has 2 unspecified atom stereocenters. The fraction of sp³-hybridized carbons (Fsp3) is 0.391. The predicted molar refractivity (Wildman–Crippen MR) is 131 cm³/mol. The van der Waals surface area contributed by atoms with Gasteiger partial charge in [0, 0.05) is 17.1 Å². The lowest BCUT2D eigenvalue weighted by Crippen LogP contribution is -2.52. The summed E-state index contributed by atoms with van der Waals surface area (Å²) in [7, 11) is -3.76. The normalized spacial score (nSPS) is 13.2. The zero-order valence-electron chi connectivity index (χ0n) is 18.8. The average Bonchev–Trinajstić information content (AvgIpc) is 2.75. The second kappa shape index (κ2) is 11.5. The third-order valence-corrected chi connectivity index (χ3v) is 6.96. The maximum Gasteiger partial charge on any atom is 0.244 e. The van der Waals surface area contributed by atoms with Crippen LogP contribution in [0.1, 0.15) is 32.8 Å². The fourth-order valence-corrected chi connectivity index (χ4v) is 4.55. The summed E-state index contributed by atoms with van der Waals surface area (Å²) in [6.07, 6.45) is 1.81. The first-order chi connectivity index (χ1) is 15.0. The van der Waals surface area contributed by atoms with Crippen molar-refractivity contribution >= 4 is 43.5 Å². The largest absolute Gasteiger partial charge is 0.352 e. The molecule has 7 nitrogen and oxygen atoms in total. The third kappa shape index (κ3) is 7.06. The Morgan fingerprint density at radius 1 is 1.03 bits per heavy atom. The van der Waals surface area contributed by atoms with Crippen LogP contribution in [-0.2, 0) is 26.2 Å². The van der Waals surface area contributed by atoms with Crippen molar-refractivity contribution < 1.29 is 18.0 Å². The van der Waals surface area contributed by atoms with Gasteiger partial charge in [-0.3, -0.25) is 13.9 Å². The standard InChI is InChI=1S/C23H30BrN3O4S/c1-5-17(2)25-23(29)18(3)26(15-19-11-7-6-8-12-19)22(28)16-27(32(4,30)31)21-14-10-9-13-20(21)24/h6-14,17-18H,5,15-16H2,1-4H3,(H,25,29). The molecular formula is C23H30BrN3O4S. The van der Waals surface area contributed by atoms with Gasteiger partial charge >= 0.3 is 0 Å². The van der Waals surface area contributed by atoms with Gasteiger partial charge in [0.15, 0.2) is 0 Å². The number of hydrogen-bond donors (Lipinski definition) is 1. The first-order valence-corrected chi connectivity index (χ1v) is 13.0. The summed E-state index contributed by atoms with van der Waals surface area (Å²) in [6, 6.07) is 15.3. The Balaban J connectivity index is 2.37. The molecule has 0 heterocycles. The monoisotopic (exact) mass is 523 g/mol. The van der Waals surface area contributed by atoms with Crippen molar-refractivity contribution in [2.24, 2.45) is 0 Å². The molecule has 2 aromatic carbocycles. The van der Waals surface area contributed by atoms with Gasteiger partial charge in [-0.15, -0.1) is 0 Å². The first kappa shape index (κ1) is 25.9. The molecule has 1 N–H and O–H groups in total. The minimum Gasteiger partial charge on any atom is -0.352 e. The van der Waals surface area contributed by atoms with Crippen LogP contribution in [0.25, 0.3) is 0 Å². The molecule has 174 valence electrons. The summed E-state index contributed by atoms with van der Waals surface area (Å²) in [5.41, 5.74) is 1.20. The molecular weight excluding hydrogens is 494 g/mol. The predicted octanol–water partition coefficient (Wildman–Crippen LogP) is 3.55. The van der Waals surface area contributed by atoms with Gasteiger partial charge in [0.05, 0.1) is 11.9 Å². The van der Waals surface area contributed by atoms with E-state index in [-0.39, 0.29) is 18.5 Å². The summed E-state index contributed by atoms with van der Waals surface area (Å²) >= 11 is 3.36. The molecule has 0 saturated carbocycles. The van der Waals surface area contributed by atoms with Gasteiger partial charge in [0.25, 0.3) is 0 Å². The lowest BCUT2D eigenvalue weighted by atomic mass is 10.1. The van der Waals surface area contributed by atoms with Crippen molar-refractivity contribution in [2.75, 3.05) is 17.1 Å². The van der Waals surface area contributed by atoms with Crippen molar-refractivity contribution in [2.45, 2.75) is 45.8 Å². The highest BCUT2D eigenvalue weighted by molar-refractivity contribution is 9.10. The number of sulfonamides is 1. The number of anilines is 1. The minimum atomic E-state index is -3.76. The molecule has 2 atom stereocenters. The Labute approximate surface area is 199 Å². The summed E-state index contributed by atoms with van der Waals surface area (Å²) in [5.74, 6) is -0.753. The molecule has 9 heteroatoms. The van der Waals surface area contributed by atoms with Gasteiger partial charge in [-0.1, -0.05) is 49.4 Å². The van der Waals surface area contributed by atoms with Crippen LogP contribution in [0.15, 0.2) is 59.1 Å². The molecule has 0 radical (unpaired) electrons. The molecule has 0 bridgehead atoms. The topological polar surface area (TPSA) is 86.8 Å². The average molecular weight is 524 g/mol. The number of hydrogen-bond acceptors (Lipinski definition) is 4. The number of carbonyl (C=O) groups is 2. The van der Waals surface area contributed by atoms with Gasteiger partial charge in [0.2, 0.25) is 21.8 Å². The SMILES string of the molecule is CCC(C)NC(=O)C(C)N(Cc1ccccc1)C(=O)CN(c1ccccc1Br)S(C)(=O)=O. The Hall–Kier alpha value is -2.39. The molecule has 0 aliphatic carbocycles. The quantitative estimate of drug-likeness (QED) is 0.515. The van der Waals surface area contributed by atoms with Crippen LogP contribution in [0.4, 0.5) is 5.69 Å². The molecule has 32 heavy (non-hydrogen) atoms. The van der Waals surface area contributed by atoms with E-state index in [1.165, 1.54) is 4.90 Å². The molecule has 2 amide bonds. The lowest BCUT2D eigenvalue weighted by Gasteiger charge is -2.32. The molecule has 0 aliphatic heterocycles. The zero-order valence-corrected chi connectivity index (χ0v) is 21.2. The van der Waals surface area contributed by atoms with E-state index in [1.54, 1.807) is 31.2 Å². The molecule has 0 aliphatic rings. The number of amides is 2. The van der Waals surface area contributed by atoms with Crippen molar-refractivity contribution in [3.63, 3.8) is 0 Å². The van der Waals surface area contributed by atoms with Crippen LogP contribution in [0, 0.1) is 0 Å². The lowest BCUT2D eigenvalue weighted by molar-refractivity contribution is -0.139. The molecule has 2 rings (SSSR count). The number of rotatable bonds is 10. The second-order valence-electron chi connectivity index (χ2n) is 7.72. The number of para-hydroxylation sites is 1. The summed E-state index contributed by atoms with van der Waals surface area (Å²) in [6.45, 7) is 5.27. The van der Waals surface area contributed by atoms with E-state index >= 15 is 0 Å². The van der Waals surface area contributed by atoms with Gasteiger partial charge in [-0.2, -0.15) is 0 Å². The highest BCUT2D eigenvalue weighted by Crippen LogP contribution is 2.28. The van der Waals surface area contributed by atoms with Crippen LogP contribution >= 0.6 is 15.9 Å². The number of benzene rings is 2. The van der Waals surface area contributed by atoms with E-state index in [0.717, 1.165) is 22.5 Å². The number of nitrogens with one attached hydrogen (secondary N) is 1. The Morgan fingerprint density at radius 3 is 2.19 bits per heavy atom. The fourth-order valence-electron chi connectivity index (χ4n) is 3.08. The first-order valence-electron chi connectivity index (χ1n) is 10.4. The second-order valence-corrected chi connectivity index (χ2v) is 10.5. The van der Waals surface area contributed by atoms with E-state index in [0.29, 0.717) is 10.2 Å². The van der Waals surface area contributed by atoms with E-state index < -0.39 is 28.5 Å². The highest BCUT2D eigenvalue weighted by Gasteiger charge is 2.30. The molecule has 0 saturated heterocycles. The van der Waals surface area contributed by atoms with Crippen LogP contribution < -0.4 is 9.62 Å². The van der Waals surface area contributed by atoms with Crippen LogP contribution in [-0.4, -0.2) is 50.0 Å². The van der Waals surface area contributed by atoms with E-state index in [9.17, 15) is 18.0 Å². The molecule has 0 spiro atoms. The van der Waals surface area contributed by atoms with Gasteiger partial charge < -0.3 is 10.2 Å². The Kier molecular flexibility index (Phi) is 9.27. The van der Waals surface area contributed by atoms with E-state index in [4.69, 9.17) is 0 Å². The maximum atomic E-state index is 13.4. The molecule has 0 fully saturated rings. The van der Waals surface area contributed by atoms with Gasteiger partial charge in [0.1, 0.15) is 12.6 Å². The maximum absolute atomic E-state index is 13.4. The number of carbonyl (C=O) groups excluding carboxylic acids is 2. The molecule has 0 aromatic heterocycles. The number of halogens is 1. The van der Waals surface area contributed by atoms with Crippen LogP contribution in [0.3, 0.4) is 0 Å². The zero-order chi connectivity index (χ0) is 23.9. The smallest absolute Gasteiger partial charge is 0.244 e. The summed E-state index contributed by atoms with van der Waals surface area (Å²) in [5, 5.41) is 2.90. The Morgan fingerprint density at radius 2 is 1.62 bits per heavy atom.